The maximum Gasteiger partial charge on any atom is 0.0693 e. The lowest BCUT2D eigenvalue weighted by Crippen LogP contribution is -2.38. The van der Waals surface area contributed by atoms with Crippen molar-refractivity contribution in [3.8, 4) is 12.1 Å². The van der Waals surface area contributed by atoms with Crippen LogP contribution in [0.4, 0.5) is 0 Å². The standard InChI is InChI=1S/C12H16N2/c13-8-10-4-5-11-3-1-2-6-12(11,7-10)9-14/h10-11H,1-7H2/t10-,11-,12+/m1/s1. The number of nitriles is 2. The highest BCUT2D eigenvalue weighted by Gasteiger charge is 2.45. The molecule has 14 heavy (non-hydrogen) atoms. The molecule has 0 aromatic rings. The molecule has 0 unspecified atom stereocenters. The van der Waals surface area contributed by atoms with Crippen LogP contribution < -0.4 is 0 Å². The largest absolute Gasteiger partial charge is 0.198 e. The molecule has 2 aliphatic carbocycles. The Balaban J connectivity index is 2.19. The molecule has 2 heteroatoms. The maximum absolute atomic E-state index is 9.33. The zero-order chi connectivity index (χ0) is 10.0. The van der Waals surface area contributed by atoms with Crippen LogP contribution in [0.2, 0.25) is 0 Å². The van der Waals surface area contributed by atoms with E-state index in [1.165, 1.54) is 19.3 Å². The summed E-state index contributed by atoms with van der Waals surface area (Å²) in [5, 5.41) is 18.3. The molecule has 2 aliphatic rings. The lowest BCUT2D eigenvalue weighted by atomic mass is 9.58. The number of rotatable bonds is 0. The molecule has 2 fully saturated rings. The minimum absolute atomic E-state index is 0.128. The number of hydrogen-bond donors (Lipinski definition) is 0. The third-order valence-corrected chi connectivity index (χ3v) is 4.09. The Bertz CT molecular complexity index is 296. The molecule has 0 bridgehead atoms. The van der Waals surface area contributed by atoms with Gasteiger partial charge in [0.25, 0.3) is 0 Å². The van der Waals surface area contributed by atoms with Crippen LogP contribution in [0.25, 0.3) is 0 Å². The summed E-state index contributed by atoms with van der Waals surface area (Å²) in [4.78, 5) is 0. The van der Waals surface area contributed by atoms with Crippen molar-refractivity contribution in [1.29, 1.82) is 10.5 Å². The average Bonchev–Trinajstić information content (AvgIpc) is 2.28. The highest BCUT2D eigenvalue weighted by molar-refractivity contribution is 5.10. The topological polar surface area (TPSA) is 47.6 Å². The van der Waals surface area contributed by atoms with E-state index >= 15 is 0 Å². The predicted octanol–water partition coefficient (Wildman–Crippen LogP) is 3.01. The van der Waals surface area contributed by atoms with Crippen LogP contribution in [0.5, 0.6) is 0 Å². The van der Waals surface area contributed by atoms with E-state index in [0.717, 1.165) is 25.7 Å². The van der Waals surface area contributed by atoms with Crippen molar-refractivity contribution in [2.45, 2.75) is 44.9 Å². The third-order valence-electron chi connectivity index (χ3n) is 4.09. The number of hydrogen-bond acceptors (Lipinski definition) is 2. The Morgan fingerprint density at radius 3 is 2.64 bits per heavy atom. The fourth-order valence-electron chi connectivity index (χ4n) is 3.25. The first kappa shape index (κ1) is 9.53. The molecule has 2 saturated carbocycles. The quantitative estimate of drug-likeness (QED) is 0.586. The van der Waals surface area contributed by atoms with Gasteiger partial charge in [0.05, 0.1) is 17.6 Å². The predicted molar refractivity (Wildman–Crippen MR) is 53.0 cm³/mol. The van der Waals surface area contributed by atoms with Gasteiger partial charge in [0.15, 0.2) is 0 Å². The van der Waals surface area contributed by atoms with Gasteiger partial charge < -0.3 is 0 Å². The molecule has 3 atom stereocenters. The number of nitrogens with zero attached hydrogens (tertiary/aromatic N) is 2. The minimum Gasteiger partial charge on any atom is -0.198 e. The Hall–Kier alpha value is -1.02. The fourth-order valence-corrected chi connectivity index (χ4v) is 3.25. The smallest absolute Gasteiger partial charge is 0.0693 e. The summed E-state index contributed by atoms with van der Waals surface area (Å²) in [5.74, 6) is 0.731. The Labute approximate surface area is 85.5 Å². The van der Waals surface area contributed by atoms with Gasteiger partial charge in [-0.05, 0) is 38.0 Å². The van der Waals surface area contributed by atoms with E-state index in [1.807, 2.05) is 0 Å². The van der Waals surface area contributed by atoms with Crippen molar-refractivity contribution >= 4 is 0 Å². The summed E-state index contributed by atoms with van der Waals surface area (Å²) in [6.45, 7) is 0. The van der Waals surface area contributed by atoms with Crippen molar-refractivity contribution in [3.05, 3.63) is 0 Å². The van der Waals surface area contributed by atoms with E-state index < -0.39 is 0 Å². The average molecular weight is 188 g/mol. The molecular formula is C12H16N2. The van der Waals surface area contributed by atoms with E-state index in [4.69, 9.17) is 5.26 Å². The van der Waals surface area contributed by atoms with Crippen molar-refractivity contribution in [2.24, 2.45) is 17.3 Å². The summed E-state index contributed by atoms with van der Waals surface area (Å²) >= 11 is 0. The highest BCUT2D eigenvalue weighted by atomic mass is 14.5. The van der Waals surface area contributed by atoms with Crippen molar-refractivity contribution in [1.82, 2.24) is 0 Å². The van der Waals surface area contributed by atoms with Crippen molar-refractivity contribution in [2.75, 3.05) is 0 Å². The third kappa shape index (κ3) is 1.40. The van der Waals surface area contributed by atoms with Gasteiger partial charge >= 0.3 is 0 Å². The van der Waals surface area contributed by atoms with E-state index in [2.05, 4.69) is 12.1 Å². The van der Waals surface area contributed by atoms with Gasteiger partial charge in [-0.25, -0.2) is 0 Å². The lowest BCUT2D eigenvalue weighted by Gasteiger charge is -2.43. The van der Waals surface area contributed by atoms with Crippen LogP contribution in [0.15, 0.2) is 0 Å². The van der Waals surface area contributed by atoms with Gasteiger partial charge in [-0.15, -0.1) is 0 Å². The normalized spacial score (nSPS) is 41.9. The van der Waals surface area contributed by atoms with Crippen LogP contribution in [0, 0.1) is 39.9 Å². The summed E-state index contributed by atoms with van der Waals surface area (Å²) in [7, 11) is 0. The van der Waals surface area contributed by atoms with Crippen LogP contribution in [0.1, 0.15) is 44.9 Å². The first-order valence-corrected chi connectivity index (χ1v) is 5.61. The lowest BCUT2D eigenvalue weighted by molar-refractivity contribution is 0.0832. The first-order chi connectivity index (χ1) is 6.80. The minimum atomic E-state index is -0.128. The van der Waals surface area contributed by atoms with Gasteiger partial charge in [0.2, 0.25) is 0 Å². The Morgan fingerprint density at radius 1 is 1.07 bits per heavy atom. The van der Waals surface area contributed by atoms with Gasteiger partial charge in [-0.3, -0.25) is 0 Å². The molecule has 0 saturated heterocycles. The molecule has 0 heterocycles. The molecular weight excluding hydrogens is 172 g/mol. The van der Waals surface area contributed by atoms with Gasteiger partial charge in [0, 0.05) is 5.92 Å². The first-order valence-electron chi connectivity index (χ1n) is 5.61. The van der Waals surface area contributed by atoms with Crippen molar-refractivity contribution < 1.29 is 0 Å². The molecule has 0 aromatic heterocycles. The molecule has 0 spiro atoms. The van der Waals surface area contributed by atoms with E-state index in [9.17, 15) is 5.26 Å². The molecule has 0 aliphatic heterocycles. The summed E-state index contributed by atoms with van der Waals surface area (Å²) in [5.41, 5.74) is -0.128. The van der Waals surface area contributed by atoms with Gasteiger partial charge in [0.1, 0.15) is 0 Å². The van der Waals surface area contributed by atoms with Crippen LogP contribution in [0.3, 0.4) is 0 Å². The molecule has 74 valence electrons. The van der Waals surface area contributed by atoms with Crippen molar-refractivity contribution in [3.63, 3.8) is 0 Å². The zero-order valence-electron chi connectivity index (χ0n) is 8.50. The Kier molecular flexibility index (Phi) is 2.46. The van der Waals surface area contributed by atoms with Crippen LogP contribution in [-0.4, -0.2) is 0 Å². The second kappa shape index (κ2) is 3.62. The Morgan fingerprint density at radius 2 is 1.93 bits per heavy atom. The van der Waals surface area contributed by atoms with E-state index in [1.54, 1.807) is 0 Å². The van der Waals surface area contributed by atoms with Crippen LogP contribution in [-0.2, 0) is 0 Å². The number of fused-ring (bicyclic) bond motifs is 1. The summed E-state index contributed by atoms with van der Waals surface area (Å²) in [6.07, 6.45) is 7.67. The van der Waals surface area contributed by atoms with Gasteiger partial charge in [-0.1, -0.05) is 12.8 Å². The second-order valence-electron chi connectivity index (χ2n) is 4.82. The van der Waals surface area contributed by atoms with E-state index in [-0.39, 0.29) is 11.3 Å². The van der Waals surface area contributed by atoms with Gasteiger partial charge in [-0.2, -0.15) is 10.5 Å². The highest BCUT2D eigenvalue weighted by Crippen LogP contribution is 2.51. The van der Waals surface area contributed by atoms with E-state index in [0.29, 0.717) is 5.92 Å². The molecule has 0 radical (unpaired) electrons. The molecule has 0 N–H and O–H groups in total. The second-order valence-corrected chi connectivity index (χ2v) is 4.82. The molecule has 2 rings (SSSR count). The zero-order valence-corrected chi connectivity index (χ0v) is 8.50. The maximum atomic E-state index is 9.33. The fraction of sp³-hybridized carbons (Fsp3) is 0.833. The van der Waals surface area contributed by atoms with Crippen LogP contribution >= 0.6 is 0 Å². The SMILES string of the molecule is N#C[C@@H]1CC[C@H]2CCCC[C@@]2(C#N)C1. The molecule has 0 aromatic carbocycles. The monoisotopic (exact) mass is 188 g/mol. The molecule has 2 nitrogen and oxygen atoms in total. The molecule has 0 amide bonds. The summed E-state index contributed by atoms with van der Waals surface area (Å²) in [6, 6.07) is 4.88. The summed E-state index contributed by atoms with van der Waals surface area (Å²) < 4.78 is 0.